The highest BCUT2D eigenvalue weighted by molar-refractivity contribution is 6.02. The standard InChI is InChI=1S/C20H23NO/c1-3-15-12-16-13-21(17-9-5-4-6-10-17)19(22)20(16)11-7-8-14(2)18(15)20/h4-11,15-16,18H,3,12-13H2,1-2H3/t15-,16+,18-,20-/m0/s1. The zero-order valence-corrected chi connectivity index (χ0v) is 13.3. The van der Waals surface area contributed by atoms with Gasteiger partial charge < -0.3 is 4.90 Å². The minimum Gasteiger partial charge on any atom is -0.311 e. The van der Waals surface area contributed by atoms with Crippen LogP contribution in [0.25, 0.3) is 0 Å². The van der Waals surface area contributed by atoms with Gasteiger partial charge in [-0.3, -0.25) is 4.79 Å². The summed E-state index contributed by atoms with van der Waals surface area (Å²) in [6.45, 7) is 5.34. The molecule has 2 fully saturated rings. The number of carbonyl (C=O) groups is 1. The third-order valence-corrected chi connectivity index (χ3v) is 6.08. The molecule has 2 aliphatic carbocycles. The molecule has 0 unspecified atom stereocenters. The quantitative estimate of drug-likeness (QED) is 0.800. The van der Waals surface area contributed by atoms with E-state index in [4.69, 9.17) is 0 Å². The number of amides is 1. The fourth-order valence-corrected chi connectivity index (χ4v) is 5.17. The zero-order chi connectivity index (χ0) is 15.3. The van der Waals surface area contributed by atoms with Gasteiger partial charge in [0.1, 0.15) is 0 Å². The molecule has 1 saturated carbocycles. The molecule has 0 bridgehead atoms. The van der Waals surface area contributed by atoms with Gasteiger partial charge in [0.25, 0.3) is 0 Å². The van der Waals surface area contributed by atoms with Crippen LogP contribution in [0.5, 0.6) is 0 Å². The first-order chi connectivity index (χ1) is 10.7. The smallest absolute Gasteiger partial charge is 0.238 e. The van der Waals surface area contributed by atoms with E-state index in [0.717, 1.165) is 12.2 Å². The molecule has 22 heavy (non-hydrogen) atoms. The first-order valence-electron chi connectivity index (χ1n) is 8.41. The van der Waals surface area contributed by atoms with Crippen molar-refractivity contribution in [1.29, 1.82) is 0 Å². The second kappa shape index (κ2) is 4.84. The van der Waals surface area contributed by atoms with Crippen LogP contribution < -0.4 is 4.90 Å². The summed E-state index contributed by atoms with van der Waals surface area (Å²) in [5.41, 5.74) is 2.15. The Morgan fingerprint density at radius 2 is 2.05 bits per heavy atom. The van der Waals surface area contributed by atoms with E-state index in [1.165, 1.54) is 18.4 Å². The Morgan fingerprint density at radius 3 is 2.77 bits per heavy atom. The Hall–Kier alpha value is -1.83. The van der Waals surface area contributed by atoms with Crippen molar-refractivity contribution in [3.05, 3.63) is 54.1 Å². The molecule has 1 heterocycles. The minimum absolute atomic E-state index is 0.282. The van der Waals surface area contributed by atoms with Crippen molar-refractivity contribution >= 4 is 11.6 Å². The summed E-state index contributed by atoms with van der Waals surface area (Å²) in [7, 11) is 0. The fourth-order valence-electron chi connectivity index (χ4n) is 5.17. The van der Waals surface area contributed by atoms with E-state index in [0.29, 0.717) is 23.7 Å². The van der Waals surface area contributed by atoms with E-state index in [1.807, 2.05) is 23.1 Å². The van der Waals surface area contributed by atoms with Gasteiger partial charge in [0, 0.05) is 18.2 Å². The molecule has 4 atom stereocenters. The lowest BCUT2D eigenvalue weighted by molar-refractivity contribution is -0.125. The maximum absolute atomic E-state index is 13.4. The molecule has 0 aromatic heterocycles. The fraction of sp³-hybridized carbons (Fsp3) is 0.450. The van der Waals surface area contributed by atoms with Crippen LogP contribution in [0.4, 0.5) is 5.69 Å². The predicted octanol–water partition coefficient (Wildman–Crippen LogP) is 4.20. The van der Waals surface area contributed by atoms with Crippen molar-refractivity contribution < 1.29 is 4.79 Å². The monoisotopic (exact) mass is 293 g/mol. The van der Waals surface area contributed by atoms with Crippen molar-refractivity contribution in [3.63, 3.8) is 0 Å². The Bertz CT molecular complexity index is 660. The third-order valence-electron chi connectivity index (χ3n) is 6.08. The van der Waals surface area contributed by atoms with Crippen molar-refractivity contribution in [2.24, 2.45) is 23.2 Å². The lowest BCUT2D eigenvalue weighted by atomic mass is 9.66. The Labute approximate surface area is 132 Å². The molecule has 2 heteroatoms. The van der Waals surface area contributed by atoms with Crippen LogP contribution in [-0.4, -0.2) is 12.5 Å². The zero-order valence-electron chi connectivity index (χ0n) is 13.3. The van der Waals surface area contributed by atoms with Crippen molar-refractivity contribution in [2.45, 2.75) is 26.7 Å². The van der Waals surface area contributed by atoms with Crippen LogP contribution in [-0.2, 0) is 4.79 Å². The molecular formula is C20H23NO. The van der Waals surface area contributed by atoms with Gasteiger partial charge in [-0.2, -0.15) is 0 Å². The molecular weight excluding hydrogens is 270 g/mol. The second-order valence-corrected chi connectivity index (χ2v) is 7.03. The van der Waals surface area contributed by atoms with Crippen molar-refractivity contribution in [2.75, 3.05) is 11.4 Å². The van der Waals surface area contributed by atoms with Crippen LogP contribution in [0.15, 0.2) is 54.1 Å². The molecule has 1 aromatic carbocycles. The topological polar surface area (TPSA) is 20.3 Å². The van der Waals surface area contributed by atoms with E-state index < -0.39 is 0 Å². The van der Waals surface area contributed by atoms with Gasteiger partial charge in [-0.25, -0.2) is 0 Å². The molecule has 114 valence electrons. The predicted molar refractivity (Wildman–Crippen MR) is 89.5 cm³/mol. The summed E-state index contributed by atoms with van der Waals surface area (Å²) in [5.74, 6) is 1.81. The summed E-state index contributed by atoms with van der Waals surface area (Å²) in [5, 5.41) is 0. The van der Waals surface area contributed by atoms with Crippen molar-refractivity contribution in [3.8, 4) is 0 Å². The molecule has 2 nitrogen and oxygen atoms in total. The van der Waals surface area contributed by atoms with Gasteiger partial charge in [0.05, 0.1) is 5.41 Å². The number of hydrogen-bond acceptors (Lipinski definition) is 1. The minimum atomic E-state index is -0.282. The number of nitrogens with zero attached hydrogens (tertiary/aromatic N) is 1. The van der Waals surface area contributed by atoms with Gasteiger partial charge in [0.15, 0.2) is 0 Å². The summed E-state index contributed by atoms with van der Waals surface area (Å²) in [6, 6.07) is 10.1. The summed E-state index contributed by atoms with van der Waals surface area (Å²) in [4.78, 5) is 15.4. The molecule has 1 amide bonds. The van der Waals surface area contributed by atoms with Crippen LogP contribution in [0.2, 0.25) is 0 Å². The number of benzene rings is 1. The average Bonchev–Trinajstić information content (AvgIpc) is 3.00. The largest absolute Gasteiger partial charge is 0.311 e. The van der Waals surface area contributed by atoms with Gasteiger partial charge in [-0.15, -0.1) is 0 Å². The van der Waals surface area contributed by atoms with Crippen LogP contribution >= 0.6 is 0 Å². The van der Waals surface area contributed by atoms with Crippen LogP contribution in [0.1, 0.15) is 26.7 Å². The van der Waals surface area contributed by atoms with E-state index in [2.05, 4.69) is 44.2 Å². The highest BCUT2D eigenvalue weighted by atomic mass is 16.2. The lowest BCUT2D eigenvalue weighted by Crippen LogP contribution is -2.41. The van der Waals surface area contributed by atoms with Crippen LogP contribution in [0.3, 0.4) is 0 Å². The van der Waals surface area contributed by atoms with E-state index in [9.17, 15) is 4.79 Å². The average molecular weight is 293 g/mol. The number of carbonyl (C=O) groups excluding carboxylic acids is 1. The van der Waals surface area contributed by atoms with E-state index in [-0.39, 0.29) is 5.41 Å². The molecule has 0 radical (unpaired) electrons. The Morgan fingerprint density at radius 1 is 1.27 bits per heavy atom. The maximum Gasteiger partial charge on any atom is 0.238 e. The number of hydrogen-bond donors (Lipinski definition) is 0. The number of para-hydroxylation sites is 1. The third kappa shape index (κ3) is 1.64. The van der Waals surface area contributed by atoms with Gasteiger partial charge in [-0.05, 0) is 37.3 Å². The molecule has 1 saturated heterocycles. The molecule has 1 spiro atoms. The Balaban J connectivity index is 1.78. The van der Waals surface area contributed by atoms with Crippen LogP contribution in [0, 0.1) is 23.2 Å². The molecule has 3 aliphatic rings. The normalized spacial score (nSPS) is 36.3. The Kier molecular flexibility index (Phi) is 3.04. The van der Waals surface area contributed by atoms with E-state index in [1.54, 1.807) is 0 Å². The first-order valence-corrected chi connectivity index (χ1v) is 8.41. The molecule has 1 aromatic rings. The summed E-state index contributed by atoms with van der Waals surface area (Å²) in [6.07, 6.45) is 8.88. The van der Waals surface area contributed by atoms with Crippen molar-refractivity contribution in [1.82, 2.24) is 0 Å². The molecule has 4 rings (SSSR count). The molecule has 1 aliphatic heterocycles. The number of allylic oxidation sites excluding steroid dienone is 3. The number of rotatable bonds is 2. The maximum atomic E-state index is 13.4. The van der Waals surface area contributed by atoms with Gasteiger partial charge in [0.2, 0.25) is 5.91 Å². The van der Waals surface area contributed by atoms with E-state index >= 15 is 0 Å². The van der Waals surface area contributed by atoms with Gasteiger partial charge >= 0.3 is 0 Å². The first kappa shape index (κ1) is 13.8. The number of anilines is 1. The summed E-state index contributed by atoms with van der Waals surface area (Å²) < 4.78 is 0. The van der Waals surface area contributed by atoms with Gasteiger partial charge in [-0.1, -0.05) is 55.3 Å². The molecule has 0 N–H and O–H groups in total. The highest BCUT2D eigenvalue weighted by Crippen LogP contribution is 2.61. The highest BCUT2D eigenvalue weighted by Gasteiger charge is 2.63. The second-order valence-electron chi connectivity index (χ2n) is 7.03. The summed E-state index contributed by atoms with van der Waals surface area (Å²) >= 11 is 0. The lowest BCUT2D eigenvalue weighted by Gasteiger charge is -2.36. The SMILES string of the molecule is CC[C@H]1C[C@@H]2CN(c3ccccc3)C(=O)[C@@]23C=CC=C(C)[C@@H]13.